The first-order valence-corrected chi connectivity index (χ1v) is 3.36. The van der Waals surface area contributed by atoms with Gasteiger partial charge in [-0.1, -0.05) is 25.7 Å². The van der Waals surface area contributed by atoms with Crippen molar-refractivity contribution in [1.29, 1.82) is 0 Å². The van der Waals surface area contributed by atoms with Gasteiger partial charge in [-0.05, 0) is 18.1 Å². The summed E-state index contributed by atoms with van der Waals surface area (Å²) in [6, 6.07) is 0. The molecule has 0 bridgehead atoms. The molecule has 1 nitrogen and oxygen atoms in total. The van der Waals surface area contributed by atoms with Gasteiger partial charge in [-0.3, -0.25) is 0 Å². The molecule has 0 unspecified atom stereocenters. The minimum absolute atomic E-state index is 1.01. The van der Waals surface area contributed by atoms with E-state index in [0.29, 0.717) is 0 Å². The van der Waals surface area contributed by atoms with Gasteiger partial charge in [0.25, 0.3) is 0 Å². The molecule has 0 atom stereocenters. The first kappa shape index (κ1) is 9.02. The largest absolute Gasteiger partial charge is 0.504 e. The molecule has 0 aliphatic rings. The van der Waals surface area contributed by atoms with E-state index in [9.17, 15) is 0 Å². The van der Waals surface area contributed by atoms with Gasteiger partial charge in [-0.25, -0.2) is 0 Å². The zero-order valence-electron chi connectivity index (χ0n) is 6.63. The summed E-state index contributed by atoms with van der Waals surface area (Å²) in [6.45, 7) is 5.76. The molecular formula is C9H14O. The first-order valence-electron chi connectivity index (χ1n) is 3.36. The average molecular weight is 138 g/mol. The maximum absolute atomic E-state index is 4.72. The standard InChI is InChI=1S/C9H14O/c1-4-9(5-2)7-6-8-10-3/h4,6-8H,1,5H2,2-3H3/b8-6+,9-7+. The maximum Gasteiger partial charge on any atom is 0.0824 e. The van der Waals surface area contributed by atoms with Crippen LogP contribution in [0, 0.1) is 0 Å². The lowest BCUT2D eigenvalue weighted by Gasteiger charge is -1.90. The zero-order valence-corrected chi connectivity index (χ0v) is 6.63. The molecule has 0 aromatic rings. The van der Waals surface area contributed by atoms with Gasteiger partial charge >= 0.3 is 0 Å². The van der Waals surface area contributed by atoms with Crippen LogP contribution in [0.2, 0.25) is 0 Å². The third-order valence-electron chi connectivity index (χ3n) is 1.20. The molecule has 0 spiro atoms. The van der Waals surface area contributed by atoms with Gasteiger partial charge in [0, 0.05) is 0 Å². The highest BCUT2D eigenvalue weighted by atomic mass is 16.5. The van der Waals surface area contributed by atoms with Crippen LogP contribution in [-0.2, 0) is 4.74 Å². The fourth-order valence-electron chi connectivity index (χ4n) is 0.572. The van der Waals surface area contributed by atoms with Gasteiger partial charge in [0.05, 0.1) is 13.4 Å². The van der Waals surface area contributed by atoms with Crippen molar-refractivity contribution in [2.45, 2.75) is 13.3 Å². The fourth-order valence-corrected chi connectivity index (χ4v) is 0.572. The van der Waals surface area contributed by atoms with Crippen molar-refractivity contribution in [3.05, 3.63) is 36.6 Å². The van der Waals surface area contributed by atoms with E-state index in [-0.39, 0.29) is 0 Å². The number of allylic oxidation sites excluding steroid dienone is 4. The van der Waals surface area contributed by atoms with Crippen LogP contribution in [-0.4, -0.2) is 7.11 Å². The Labute approximate surface area is 62.7 Å². The van der Waals surface area contributed by atoms with E-state index < -0.39 is 0 Å². The first-order chi connectivity index (χ1) is 4.85. The molecular weight excluding hydrogens is 124 g/mol. The summed E-state index contributed by atoms with van der Waals surface area (Å²) < 4.78 is 4.72. The van der Waals surface area contributed by atoms with Crippen molar-refractivity contribution in [2.75, 3.05) is 7.11 Å². The summed E-state index contributed by atoms with van der Waals surface area (Å²) >= 11 is 0. The lowest BCUT2D eigenvalue weighted by molar-refractivity contribution is 0.338. The molecule has 0 fully saturated rings. The van der Waals surface area contributed by atoms with E-state index in [1.807, 2.05) is 18.2 Å². The zero-order chi connectivity index (χ0) is 7.82. The summed E-state index contributed by atoms with van der Waals surface area (Å²) in [5, 5.41) is 0. The topological polar surface area (TPSA) is 9.23 Å². The van der Waals surface area contributed by atoms with Gasteiger partial charge in [0.15, 0.2) is 0 Å². The summed E-state index contributed by atoms with van der Waals surface area (Å²) in [5.74, 6) is 0. The monoisotopic (exact) mass is 138 g/mol. The molecule has 1 heteroatoms. The summed E-state index contributed by atoms with van der Waals surface area (Å²) in [4.78, 5) is 0. The van der Waals surface area contributed by atoms with E-state index >= 15 is 0 Å². The van der Waals surface area contributed by atoms with Gasteiger partial charge in [-0.15, -0.1) is 0 Å². The van der Waals surface area contributed by atoms with Crippen molar-refractivity contribution in [3.63, 3.8) is 0 Å². The second-order valence-corrected chi connectivity index (χ2v) is 1.86. The number of ether oxygens (including phenoxy) is 1. The Bertz CT molecular complexity index is 143. The van der Waals surface area contributed by atoms with Crippen molar-refractivity contribution in [1.82, 2.24) is 0 Å². The Morgan fingerprint density at radius 2 is 2.30 bits per heavy atom. The minimum atomic E-state index is 1.01. The van der Waals surface area contributed by atoms with Crippen LogP contribution in [0.1, 0.15) is 13.3 Å². The smallest absolute Gasteiger partial charge is 0.0824 e. The molecule has 0 radical (unpaired) electrons. The molecule has 0 aromatic carbocycles. The van der Waals surface area contributed by atoms with E-state index in [1.165, 1.54) is 5.57 Å². The van der Waals surface area contributed by atoms with Gasteiger partial charge in [0.1, 0.15) is 0 Å². The predicted molar refractivity (Wildman–Crippen MR) is 44.7 cm³/mol. The van der Waals surface area contributed by atoms with Crippen LogP contribution in [0.4, 0.5) is 0 Å². The number of hydrogen-bond acceptors (Lipinski definition) is 1. The molecule has 0 aliphatic carbocycles. The highest BCUT2D eigenvalue weighted by Gasteiger charge is 1.80. The van der Waals surface area contributed by atoms with Crippen molar-refractivity contribution < 1.29 is 4.74 Å². The van der Waals surface area contributed by atoms with Crippen LogP contribution >= 0.6 is 0 Å². The SMILES string of the molecule is C=C/C(=C\C=C\OC)CC. The number of hydrogen-bond donors (Lipinski definition) is 0. The third kappa shape index (κ3) is 3.96. The Morgan fingerprint density at radius 3 is 2.70 bits per heavy atom. The molecule has 0 saturated heterocycles. The third-order valence-corrected chi connectivity index (χ3v) is 1.20. The van der Waals surface area contributed by atoms with Crippen molar-refractivity contribution in [3.8, 4) is 0 Å². The summed E-state index contributed by atoms with van der Waals surface area (Å²) in [6.07, 6.45) is 8.34. The van der Waals surface area contributed by atoms with Gasteiger partial charge in [-0.2, -0.15) is 0 Å². The second kappa shape index (κ2) is 6.14. The van der Waals surface area contributed by atoms with Crippen LogP contribution in [0.3, 0.4) is 0 Å². The van der Waals surface area contributed by atoms with E-state index in [0.717, 1.165) is 6.42 Å². The van der Waals surface area contributed by atoms with Crippen LogP contribution in [0.5, 0.6) is 0 Å². The lowest BCUT2D eigenvalue weighted by Crippen LogP contribution is -1.70. The van der Waals surface area contributed by atoms with Gasteiger partial charge < -0.3 is 4.74 Å². The van der Waals surface area contributed by atoms with E-state index in [4.69, 9.17) is 4.74 Å². The van der Waals surface area contributed by atoms with Crippen LogP contribution in [0.25, 0.3) is 0 Å². The van der Waals surface area contributed by atoms with Crippen LogP contribution < -0.4 is 0 Å². The number of methoxy groups -OCH3 is 1. The predicted octanol–water partition coefficient (Wildman–Crippen LogP) is 2.67. The Kier molecular flexibility index (Phi) is 5.54. The average Bonchev–Trinajstić information content (AvgIpc) is 1.99. The lowest BCUT2D eigenvalue weighted by atomic mass is 10.2. The summed E-state index contributed by atoms with van der Waals surface area (Å²) in [7, 11) is 1.63. The van der Waals surface area contributed by atoms with Crippen LogP contribution in [0.15, 0.2) is 36.6 Å². The molecule has 10 heavy (non-hydrogen) atoms. The molecule has 0 aliphatic heterocycles. The fraction of sp³-hybridized carbons (Fsp3) is 0.333. The highest BCUT2D eigenvalue weighted by molar-refractivity contribution is 5.20. The normalized spacial score (nSPS) is 12.0. The molecule has 0 amide bonds. The highest BCUT2D eigenvalue weighted by Crippen LogP contribution is 2.00. The van der Waals surface area contributed by atoms with Gasteiger partial charge in [0.2, 0.25) is 0 Å². The molecule has 0 aromatic heterocycles. The second-order valence-electron chi connectivity index (χ2n) is 1.86. The Morgan fingerprint density at radius 1 is 1.60 bits per heavy atom. The Hall–Kier alpha value is -0.980. The van der Waals surface area contributed by atoms with Crippen molar-refractivity contribution >= 4 is 0 Å². The molecule has 56 valence electrons. The molecule has 0 heterocycles. The minimum Gasteiger partial charge on any atom is -0.504 e. The molecule has 0 saturated carbocycles. The maximum atomic E-state index is 4.72. The molecule has 0 rings (SSSR count). The van der Waals surface area contributed by atoms with Crippen molar-refractivity contribution in [2.24, 2.45) is 0 Å². The van der Waals surface area contributed by atoms with E-state index in [1.54, 1.807) is 13.4 Å². The Balaban J connectivity index is 3.85. The van der Waals surface area contributed by atoms with E-state index in [2.05, 4.69) is 13.5 Å². The quantitative estimate of drug-likeness (QED) is 0.428. The number of rotatable bonds is 4. The molecule has 0 N–H and O–H groups in total. The summed E-state index contributed by atoms with van der Waals surface area (Å²) in [5.41, 5.74) is 1.22.